The molecule has 1 aliphatic carbocycles. The van der Waals surface area contributed by atoms with Crippen LogP contribution in [0.5, 0.6) is 0 Å². The lowest BCUT2D eigenvalue weighted by molar-refractivity contribution is 0.100. The summed E-state index contributed by atoms with van der Waals surface area (Å²) in [7, 11) is 0. The molecule has 0 spiro atoms. The summed E-state index contributed by atoms with van der Waals surface area (Å²) in [5, 5.41) is 13.5. The first kappa shape index (κ1) is 17.4. The molecule has 0 fully saturated rings. The van der Waals surface area contributed by atoms with Crippen molar-refractivity contribution >= 4 is 39.8 Å². The van der Waals surface area contributed by atoms with Gasteiger partial charge in [0.25, 0.3) is 5.91 Å². The van der Waals surface area contributed by atoms with Crippen LogP contribution in [0.15, 0.2) is 41.6 Å². The molecule has 4 rings (SSSR count). The van der Waals surface area contributed by atoms with Gasteiger partial charge in [-0.25, -0.2) is 9.97 Å². The van der Waals surface area contributed by atoms with Crippen molar-refractivity contribution in [3.63, 3.8) is 0 Å². The van der Waals surface area contributed by atoms with Gasteiger partial charge in [-0.15, -0.1) is 11.3 Å². The number of amides is 1. The lowest BCUT2D eigenvalue weighted by Crippen LogP contribution is -2.24. The molecule has 1 aliphatic rings. The van der Waals surface area contributed by atoms with Gasteiger partial charge in [-0.05, 0) is 18.6 Å². The number of hydrogen-bond acceptors (Lipinski definition) is 6. The molecule has 3 aromatic rings. The molecule has 8 heteroatoms. The van der Waals surface area contributed by atoms with Crippen molar-refractivity contribution in [3.8, 4) is 10.6 Å². The lowest BCUT2D eigenvalue weighted by Gasteiger charge is -2.27. The third-order valence-corrected chi connectivity index (χ3v) is 5.72. The number of aromatic nitrogens is 3. The highest BCUT2D eigenvalue weighted by molar-refractivity contribution is 7.13. The number of anilines is 1. The second kappa shape index (κ2) is 6.33. The Bertz CT molecular complexity index is 1110. The molecule has 0 saturated carbocycles. The molecule has 5 N–H and O–H groups in total. The Morgan fingerprint density at radius 3 is 2.81 bits per heavy atom. The highest BCUT2D eigenvalue weighted by Crippen LogP contribution is 2.38. The number of fused-ring (bicyclic) bond motifs is 1. The van der Waals surface area contributed by atoms with Crippen LogP contribution in [0.25, 0.3) is 27.3 Å². The minimum atomic E-state index is -0.646. The summed E-state index contributed by atoms with van der Waals surface area (Å²) in [6.45, 7) is 3.85. The van der Waals surface area contributed by atoms with Crippen LogP contribution in [0.4, 0.5) is 5.82 Å². The number of nitrogens with zero attached hydrogens (tertiary/aromatic N) is 3. The SMILES string of the molecule is CC1=C(n2c(N)c(C(N)=O)c3cc(-c4nccs4)cnc32)[C@H](C)[C@H](O)C=C1. The number of nitrogens with two attached hydrogens (primary N) is 2. The zero-order chi connectivity index (χ0) is 19.3. The van der Waals surface area contributed by atoms with E-state index in [1.807, 2.05) is 31.4 Å². The van der Waals surface area contributed by atoms with Crippen LogP contribution in [0.2, 0.25) is 0 Å². The van der Waals surface area contributed by atoms with Crippen LogP contribution in [-0.2, 0) is 0 Å². The molecule has 3 aromatic heterocycles. The molecule has 0 unspecified atom stereocenters. The first-order chi connectivity index (χ1) is 12.9. The van der Waals surface area contributed by atoms with E-state index in [1.54, 1.807) is 23.0 Å². The number of carbonyl (C=O) groups is 1. The molecule has 0 radical (unpaired) electrons. The number of allylic oxidation sites excluding steroid dienone is 2. The van der Waals surface area contributed by atoms with Crippen molar-refractivity contribution in [1.29, 1.82) is 0 Å². The molecule has 2 atom stereocenters. The van der Waals surface area contributed by atoms with E-state index in [0.717, 1.165) is 21.8 Å². The maximum Gasteiger partial charge on any atom is 0.253 e. The quantitative estimate of drug-likeness (QED) is 0.644. The normalized spacial score (nSPS) is 19.8. The minimum absolute atomic E-state index is 0.214. The number of aliphatic hydroxyl groups excluding tert-OH is 1. The standard InChI is InChI=1S/C19H19N5O2S/c1-9-3-4-13(25)10(2)15(9)24-16(20)14(17(21)26)12-7-11(8-23-18(12)24)19-22-5-6-27-19/h3-8,10,13,25H,20H2,1-2H3,(H2,21,26)/t10-,13-/m1/s1. The number of pyridine rings is 1. The maximum absolute atomic E-state index is 12.2. The van der Waals surface area contributed by atoms with E-state index in [0.29, 0.717) is 11.0 Å². The maximum atomic E-state index is 12.2. The van der Waals surface area contributed by atoms with Gasteiger partial charge in [0.2, 0.25) is 0 Å². The molecule has 0 saturated heterocycles. The van der Waals surface area contributed by atoms with E-state index in [1.165, 1.54) is 11.3 Å². The molecule has 0 bridgehead atoms. The van der Waals surface area contributed by atoms with Gasteiger partial charge in [0, 0.05) is 40.3 Å². The molecular weight excluding hydrogens is 362 g/mol. The number of hydrogen-bond donors (Lipinski definition) is 3. The number of carbonyl (C=O) groups excluding carboxylic acids is 1. The molecule has 0 aromatic carbocycles. The zero-order valence-electron chi connectivity index (χ0n) is 14.9. The fraction of sp³-hybridized carbons (Fsp3) is 0.211. The Kier molecular flexibility index (Phi) is 4.09. The van der Waals surface area contributed by atoms with Gasteiger partial charge in [-0.3, -0.25) is 9.36 Å². The summed E-state index contributed by atoms with van der Waals surface area (Å²) < 4.78 is 1.73. The van der Waals surface area contributed by atoms with Crippen molar-refractivity contribution in [2.24, 2.45) is 11.7 Å². The number of aliphatic hydroxyl groups is 1. The molecule has 1 amide bonds. The Morgan fingerprint density at radius 2 is 2.15 bits per heavy atom. The third kappa shape index (κ3) is 2.65. The molecule has 27 heavy (non-hydrogen) atoms. The Hall–Kier alpha value is -2.97. The van der Waals surface area contributed by atoms with Crippen LogP contribution < -0.4 is 11.5 Å². The van der Waals surface area contributed by atoms with Gasteiger partial charge in [0.05, 0.1) is 11.7 Å². The monoisotopic (exact) mass is 381 g/mol. The molecule has 138 valence electrons. The van der Waals surface area contributed by atoms with E-state index in [-0.39, 0.29) is 17.3 Å². The van der Waals surface area contributed by atoms with Gasteiger partial charge in [-0.1, -0.05) is 19.1 Å². The van der Waals surface area contributed by atoms with E-state index >= 15 is 0 Å². The predicted molar refractivity (Wildman–Crippen MR) is 107 cm³/mol. The van der Waals surface area contributed by atoms with E-state index in [4.69, 9.17) is 11.5 Å². The fourth-order valence-electron chi connectivity index (χ4n) is 3.57. The second-order valence-corrected chi connectivity index (χ2v) is 7.49. The van der Waals surface area contributed by atoms with Crippen molar-refractivity contribution in [1.82, 2.24) is 14.5 Å². The first-order valence-electron chi connectivity index (χ1n) is 8.47. The predicted octanol–water partition coefficient (Wildman–Crippen LogP) is 2.64. The van der Waals surface area contributed by atoms with Gasteiger partial charge in [-0.2, -0.15) is 0 Å². The van der Waals surface area contributed by atoms with Crippen LogP contribution in [0.3, 0.4) is 0 Å². The highest BCUT2D eigenvalue weighted by atomic mass is 32.1. The number of nitrogen functional groups attached to an aromatic ring is 1. The zero-order valence-corrected chi connectivity index (χ0v) is 15.7. The van der Waals surface area contributed by atoms with Gasteiger partial charge in [0.1, 0.15) is 16.5 Å². The summed E-state index contributed by atoms with van der Waals surface area (Å²) in [6, 6.07) is 1.84. The average Bonchev–Trinajstić information content (AvgIpc) is 3.25. The first-order valence-corrected chi connectivity index (χ1v) is 9.35. The third-order valence-electron chi connectivity index (χ3n) is 4.90. The molecular formula is C19H19N5O2S. The fourth-order valence-corrected chi connectivity index (χ4v) is 4.19. The largest absolute Gasteiger partial charge is 0.388 e. The number of primary amides is 1. The molecule has 7 nitrogen and oxygen atoms in total. The minimum Gasteiger partial charge on any atom is -0.388 e. The van der Waals surface area contributed by atoms with E-state index in [2.05, 4.69) is 9.97 Å². The summed E-state index contributed by atoms with van der Waals surface area (Å²) in [6.07, 6.45) is 6.36. The van der Waals surface area contributed by atoms with Crippen LogP contribution in [-0.4, -0.2) is 31.7 Å². The van der Waals surface area contributed by atoms with Crippen LogP contribution in [0.1, 0.15) is 24.2 Å². The van der Waals surface area contributed by atoms with Crippen molar-refractivity contribution in [2.45, 2.75) is 20.0 Å². The van der Waals surface area contributed by atoms with Crippen molar-refractivity contribution in [3.05, 3.63) is 47.1 Å². The summed E-state index contributed by atoms with van der Waals surface area (Å²) in [4.78, 5) is 21.0. The molecule has 3 heterocycles. The average molecular weight is 381 g/mol. The molecule has 0 aliphatic heterocycles. The van der Waals surface area contributed by atoms with Gasteiger partial charge >= 0.3 is 0 Å². The Morgan fingerprint density at radius 1 is 1.37 bits per heavy atom. The number of thiazole rings is 1. The lowest BCUT2D eigenvalue weighted by atomic mass is 9.91. The van der Waals surface area contributed by atoms with E-state index < -0.39 is 12.0 Å². The summed E-state index contributed by atoms with van der Waals surface area (Å²) in [5.74, 6) is -0.605. The summed E-state index contributed by atoms with van der Waals surface area (Å²) >= 11 is 1.48. The van der Waals surface area contributed by atoms with Gasteiger partial charge < -0.3 is 16.6 Å². The summed E-state index contributed by atoms with van der Waals surface area (Å²) in [5.41, 5.74) is 15.3. The van der Waals surface area contributed by atoms with Crippen LogP contribution in [0, 0.1) is 5.92 Å². The smallest absolute Gasteiger partial charge is 0.253 e. The van der Waals surface area contributed by atoms with Crippen molar-refractivity contribution in [2.75, 3.05) is 5.73 Å². The Balaban J connectivity index is 2.04. The topological polar surface area (TPSA) is 120 Å². The van der Waals surface area contributed by atoms with Crippen molar-refractivity contribution < 1.29 is 9.90 Å². The van der Waals surface area contributed by atoms with Gasteiger partial charge in [0.15, 0.2) is 0 Å². The number of rotatable bonds is 3. The second-order valence-electron chi connectivity index (χ2n) is 6.60. The Labute approximate surface area is 159 Å². The van der Waals surface area contributed by atoms with E-state index in [9.17, 15) is 9.90 Å². The highest BCUT2D eigenvalue weighted by Gasteiger charge is 2.29. The van der Waals surface area contributed by atoms with Crippen LogP contribution >= 0.6 is 11.3 Å².